The lowest BCUT2D eigenvalue weighted by molar-refractivity contribution is -0.125. The maximum absolute atomic E-state index is 12.8. The van der Waals surface area contributed by atoms with Crippen LogP contribution in [0.1, 0.15) is 18.9 Å². The zero-order valence-corrected chi connectivity index (χ0v) is 12.4. The van der Waals surface area contributed by atoms with E-state index in [0.29, 0.717) is 26.2 Å². The van der Waals surface area contributed by atoms with Crippen molar-refractivity contribution in [1.29, 1.82) is 0 Å². The average Bonchev–Trinajstić information content (AvgIpc) is 2.95. The minimum atomic E-state index is -0.240. The molecule has 1 amide bonds. The summed E-state index contributed by atoms with van der Waals surface area (Å²) in [7, 11) is 0. The van der Waals surface area contributed by atoms with Crippen LogP contribution in [0.15, 0.2) is 24.3 Å². The van der Waals surface area contributed by atoms with Crippen molar-refractivity contribution in [2.45, 2.75) is 25.8 Å². The van der Waals surface area contributed by atoms with Crippen LogP contribution in [0.5, 0.6) is 0 Å². The molecule has 2 atom stereocenters. The monoisotopic (exact) mass is 294 g/mol. The number of nitrogens with one attached hydrogen (secondary N) is 2. The van der Waals surface area contributed by atoms with Gasteiger partial charge in [-0.1, -0.05) is 19.1 Å². The van der Waals surface area contributed by atoms with E-state index >= 15 is 0 Å². The third kappa shape index (κ3) is 4.79. The van der Waals surface area contributed by atoms with E-state index in [1.807, 2.05) is 0 Å². The number of benzene rings is 1. The van der Waals surface area contributed by atoms with Gasteiger partial charge in [0.25, 0.3) is 0 Å². The molecule has 5 heteroatoms. The molecule has 116 valence electrons. The Hall–Kier alpha value is -1.46. The summed E-state index contributed by atoms with van der Waals surface area (Å²) in [5.74, 6) is -0.330. The molecule has 0 saturated carbocycles. The molecule has 0 aliphatic carbocycles. The smallest absolute Gasteiger partial charge is 0.227 e. The van der Waals surface area contributed by atoms with Crippen molar-refractivity contribution in [3.63, 3.8) is 0 Å². The molecule has 1 aromatic rings. The summed E-state index contributed by atoms with van der Waals surface area (Å²) in [4.78, 5) is 12.2. The quantitative estimate of drug-likeness (QED) is 0.801. The topological polar surface area (TPSA) is 50.4 Å². The van der Waals surface area contributed by atoms with Gasteiger partial charge in [-0.3, -0.25) is 4.79 Å². The van der Waals surface area contributed by atoms with E-state index in [1.165, 1.54) is 12.1 Å². The first-order valence-corrected chi connectivity index (χ1v) is 7.54. The van der Waals surface area contributed by atoms with Crippen molar-refractivity contribution in [3.8, 4) is 0 Å². The van der Waals surface area contributed by atoms with Crippen molar-refractivity contribution in [3.05, 3.63) is 35.6 Å². The Kier molecular flexibility index (Phi) is 6.14. The minimum Gasteiger partial charge on any atom is -0.379 e. The van der Waals surface area contributed by atoms with E-state index in [4.69, 9.17) is 4.74 Å². The number of halogens is 1. The van der Waals surface area contributed by atoms with Crippen LogP contribution in [0.2, 0.25) is 0 Å². The van der Waals surface area contributed by atoms with Gasteiger partial charge in [0.05, 0.1) is 19.1 Å². The number of hydrogen-bond acceptors (Lipinski definition) is 3. The number of ether oxygens (including phenoxy) is 1. The van der Waals surface area contributed by atoms with Gasteiger partial charge in [-0.05, 0) is 37.1 Å². The average molecular weight is 294 g/mol. The third-order valence-electron chi connectivity index (χ3n) is 3.70. The number of carbonyl (C=O) groups excluding carboxylic acids is 1. The Morgan fingerprint density at radius 1 is 1.29 bits per heavy atom. The number of hydrogen-bond donors (Lipinski definition) is 2. The molecule has 1 fully saturated rings. The van der Waals surface area contributed by atoms with Crippen molar-refractivity contribution < 1.29 is 13.9 Å². The Morgan fingerprint density at radius 2 is 2.05 bits per heavy atom. The van der Waals surface area contributed by atoms with Crippen molar-refractivity contribution >= 4 is 5.91 Å². The molecule has 21 heavy (non-hydrogen) atoms. The van der Waals surface area contributed by atoms with Crippen LogP contribution < -0.4 is 10.6 Å². The van der Waals surface area contributed by atoms with E-state index in [0.717, 1.165) is 18.5 Å². The summed E-state index contributed by atoms with van der Waals surface area (Å²) in [6.07, 6.45) is 1.74. The van der Waals surface area contributed by atoms with Gasteiger partial charge >= 0.3 is 0 Å². The highest BCUT2D eigenvalue weighted by Gasteiger charge is 2.33. The van der Waals surface area contributed by atoms with Crippen molar-refractivity contribution in [2.75, 3.05) is 26.3 Å². The first kappa shape index (κ1) is 15.9. The fourth-order valence-corrected chi connectivity index (χ4v) is 2.46. The van der Waals surface area contributed by atoms with Crippen LogP contribution in [0.3, 0.4) is 0 Å². The van der Waals surface area contributed by atoms with Crippen LogP contribution in [0.25, 0.3) is 0 Å². The maximum atomic E-state index is 12.8. The molecule has 1 aromatic carbocycles. The zero-order valence-electron chi connectivity index (χ0n) is 12.4. The summed E-state index contributed by atoms with van der Waals surface area (Å²) in [6, 6.07) is 6.47. The fourth-order valence-electron chi connectivity index (χ4n) is 2.46. The second-order valence-electron chi connectivity index (χ2n) is 5.37. The summed E-state index contributed by atoms with van der Waals surface area (Å²) < 4.78 is 18.2. The Morgan fingerprint density at radius 3 is 2.76 bits per heavy atom. The molecule has 1 aliphatic rings. The largest absolute Gasteiger partial charge is 0.379 e. The van der Waals surface area contributed by atoms with E-state index in [1.54, 1.807) is 12.1 Å². The summed E-state index contributed by atoms with van der Waals surface area (Å²) in [6.45, 7) is 4.62. The van der Waals surface area contributed by atoms with Gasteiger partial charge in [0.15, 0.2) is 0 Å². The Bertz CT molecular complexity index is 450. The van der Waals surface area contributed by atoms with Gasteiger partial charge in [0, 0.05) is 12.6 Å². The Labute approximate surface area is 125 Å². The van der Waals surface area contributed by atoms with E-state index in [-0.39, 0.29) is 23.7 Å². The van der Waals surface area contributed by atoms with Gasteiger partial charge in [-0.15, -0.1) is 0 Å². The first-order chi connectivity index (χ1) is 10.2. The highest BCUT2D eigenvalue weighted by Crippen LogP contribution is 2.14. The molecule has 1 heterocycles. The molecular weight excluding hydrogens is 271 g/mol. The van der Waals surface area contributed by atoms with Gasteiger partial charge in [0.1, 0.15) is 5.82 Å². The number of amides is 1. The SMILES string of the molecule is CCCNC1COCC1C(=O)NCCc1ccc(F)cc1. The first-order valence-electron chi connectivity index (χ1n) is 7.54. The number of carbonyl (C=O) groups is 1. The molecule has 0 radical (unpaired) electrons. The van der Waals surface area contributed by atoms with Crippen LogP contribution in [0.4, 0.5) is 4.39 Å². The lowest BCUT2D eigenvalue weighted by Crippen LogP contribution is -2.44. The summed E-state index contributed by atoms with van der Waals surface area (Å²) in [5, 5.41) is 6.29. The maximum Gasteiger partial charge on any atom is 0.227 e. The van der Waals surface area contributed by atoms with Crippen LogP contribution in [-0.4, -0.2) is 38.3 Å². The minimum absolute atomic E-state index is 0.0308. The van der Waals surface area contributed by atoms with Crippen LogP contribution in [-0.2, 0) is 16.0 Å². The molecule has 4 nitrogen and oxygen atoms in total. The highest BCUT2D eigenvalue weighted by molar-refractivity contribution is 5.79. The predicted octanol–water partition coefficient (Wildman–Crippen LogP) is 1.50. The van der Waals surface area contributed by atoms with Crippen molar-refractivity contribution in [1.82, 2.24) is 10.6 Å². The van der Waals surface area contributed by atoms with Crippen LogP contribution in [0, 0.1) is 11.7 Å². The molecule has 0 aromatic heterocycles. The van der Waals surface area contributed by atoms with E-state index in [2.05, 4.69) is 17.6 Å². The second kappa shape index (κ2) is 8.10. The molecular formula is C16H23FN2O2. The molecule has 2 rings (SSSR count). The van der Waals surface area contributed by atoms with Gasteiger partial charge in [-0.2, -0.15) is 0 Å². The molecule has 2 unspecified atom stereocenters. The molecule has 2 N–H and O–H groups in total. The normalized spacial score (nSPS) is 21.4. The lowest BCUT2D eigenvalue weighted by Gasteiger charge is -2.18. The van der Waals surface area contributed by atoms with Gasteiger partial charge < -0.3 is 15.4 Å². The molecule has 0 bridgehead atoms. The zero-order chi connectivity index (χ0) is 15.1. The highest BCUT2D eigenvalue weighted by atomic mass is 19.1. The molecule has 1 saturated heterocycles. The predicted molar refractivity (Wildman–Crippen MR) is 79.5 cm³/mol. The molecule has 0 spiro atoms. The standard InChI is InChI=1S/C16H23FN2O2/c1-2-8-18-15-11-21-10-14(15)16(20)19-9-7-12-3-5-13(17)6-4-12/h3-6,14-15,18H,2,7-11H2,1H3,(H,19,20). The van der Waals surface area contributed by atoms with Gasteiger partial charge in [0.2, 0.25) is 5.91 Å². The van der Waals surface area contributed by atoms with E-state index in [9.17, 15) is 9.18 Å². The summed E-state index contributed by atoms with van der Waals surface area (Å²) in [5.41, 5.74) is 1.01. The number of rotatable bonds is 7. The summed E-state index contributed by atoms with van der Waals surface area (Å²) >= 11 is 0. The van der Waals surface area contributed by atoms with Crippen molar-refractivity contribution in [2.24, 2.45) is 5.92 Å². The van der Waals surface area contributed by atoms with Crippen LogP contribution >= 0.6 is 0 Å². The van der Waals surface area contributed by atoms with E-state index < -0.39 is 0 Å². The lowest BCUT2D eigenvalue weighted by atomic mass is 10.0. The fraction of sp³-hybridized carbons (Fsp3) is 0.562. The third-order valence-corrected chi connectivity index (χ3v) is 3.70. The van der Waals surface area contributed by atoms with Gasteiger partial charge in [-0.25, -0.2) is 4.39 Å². The Balaban J connectivity index is 1.74. The molecule has 1 aliphatic heterocycles. The second-order valence-corrected chi connectivity index (χ2v) is 5.37.